The van der Waals surface area contributed by atoms with Crippen molar-refractivity contribution in [1.82, 2.24) is 15.3 Å². The molecule has 1 N–H and O–H groups in total. The van der Waals surface area contributed by atoms with Gasteiger partial charge in [-0.1, -0.05) is 0 Å². The summed E-state index contributed by atoms with van der Waals surface area (Å²) in [6.45, 7) is 0.119. The zero-order valence-electron chi connectivity index (χ0n) is 10.2. The summed E-state index contributed by atoms with van der Waals surface area (Å²) < 4.78 is 38.3. The van der Waals surface area contributed by atoms with Crippen molar-refractivity contribution in [3.8, 4) is 0 Å². The number of carbonyl (C=O) groups excluding carboxylic acids is 1. The molecule has 2 aromatic rings. The summed E-state index contributed by atoms with van der Waals surface area (Å²) in [6.07, 6.45) is 0.388. The van der Waals surface area contributed by atoms with Crippen LogP contribution in [0, 0.1) is 0 Å². The van der Waals surface area contributed by atoms with E-state index in [1.165, 1.54) is 12.4 Å². The molecule has 0 aliphatic carbocycles. The molecule has 0 fully saturated rings. The molecular formula is C13H10F3N3O. The number of hydrogen-bond acceptors (Lipinski definition) is 3. The quantitative estimate of drug-likeness (QED) is 0.940. The fraction of sp³-hybridized carbons (Fsp3) is 0.154. The van der Waals surface area contributed by atoms with Crippen molar-refractivity contribution in [3.05, 3.63) is 59.7 Å². The molecule has 0 saturated heterocycles. The SMILES string of the molecule is O=C(NCc1ccncc1)c1cnccc1C(F)(F)F. The largest absolute Gasteiger partial charge is 0.417 e. The zero-order valence-corrected chi connectivity index (χ0v) is 10.2. The zero-order chi connectivity index (χ0) is 14.6. The first-order valence-corrected chi connectivity index (χ1v) is 5.67. The highest BCUT2D eigenvalue weighted by Gasteiger charge is 2.35. The first-order chi connectivity index (χ1) is 9.48. The Kier molecular flexibility index (Phi) is 3.97. The van der Waals surface area contributed by atoms with E-state index >= 15 is 0 Å². The lowest BCUT2D eigenvalue weighted by Crippen LogP contribution is -2.26. The maximum absolute atomic E-state index is 12.8. The lowest BCUT2D eigenvalue weighted by molar-refractivity contribution is -0.138. The number of alkyl halides is 3. The number of aromatic nitrogens is 2. The van der Waals surface area contributed by atoms with E-state index in [4.69, 9.17) is 0 Å². The van der Waals surface area contributed by atoms with Crippen LogP contribution in [0.2, 0.25) is 0 Å². The van der Waals surface area contributed by atoms with Crippen molar-refractivity contribution in [1.29, 1.82) is 0 Å². The normalized spacial score (nSPS) is 11.2. The van der Waals surface area contributed by atoms with Crippen molar-refractivity contribution in [2.45, 2.75) is 12.7 Å². The molecule has 0 spiro atoms. The molecule has 0 saturated carbocycles. The van der Waals surface area contributed by atoms with Crippen LogP contribution in [0.1, 0.15) is 21.5 Å². The third kappa shape index (κ3) is 3.31. The second kappa shape index (κ2) is 5.68. The number of hydrogen-bond donors (Lipinski definition) is 1. The summed E-state index contributed by atoms with van der Waals surface area (Å²) in [7, 11) is 0. The van der Waals surface area contributed by atoms with Gasteiger partial charge in [-0.15, -0.1) is 0 Å². The molecule has 4 nitrogen and oxygen atoms in total. The van der Waals surface area contributed by atoms with Crippen LogP contribution in [0.4, 0.5) is 13.2 Å². The Hall–Kier alpha value is -2.44. The van der Waals surface area contributed by atoms with Gasteiger partial charge in [-0.3, -0.25) is 14.8 Å². The minimum Gasteiger partial charge on any atom is -0.348 e. The van der Waals surface area contributed by atoms with Gasteiger partial charge in [-0.2, -0.15) is 13.2 Å². The van der Waals surface area contributed by atoms with Crippen LogP contribution in [0.15, 0.2) is 43.0 Å². The number of amides is 1. The average molecular weight is 281 g/mol. The Labute approximate surface area is 112 Å². The topological polar surface area (TPSA) is 54.9 Å². The highest BCUT2D eigenvalue weighted by molar-refractivity contribution is 5.95. The molecular weight excluding hydrogens is 271 g/mol. The summed E-state index contributed by atoms with van der Waals surface area (Å²) in [5, 5.41) is 2.42. The van der Waals surface area contributed by atoms with Crippen LogP contribution in [0.5, 0.6) is 0 Å². The number of rotatable bonds is 3. The van der Waals surface area contributed by atoms with E-state index in [1.807, 2.05) is 0 Å². The first kappa shape index (κ1) is 14.0. The maximum Gasteiger partial charge on any atom is 0.417 e. The van der Waals surface area contributed by atoms with Gasteiger partial charge in [0, 0.05) is 31.3 Å². The van der Waals surface area contributed by atoms with E-state index in [2.05, 4.69) is 15.3 Å². The second-order valence-electron chi connectivity index (χ2n) is 3.96. The lowest BCUT2D eigenvalue weighted by atomic mass is 10.1. The standard InChI is InChI=1S/C13H10F3N3O/c14-13(15,16)11-3-6-18-8-10(11)12(20)19-7-9-1-4-17-5-2-9/h1-6,8H,7H2,(H,19,20). The van der Waals surface area contributed by atoms with Gasteiger partial charge in [0.05, 0.1) is 11.1 Å². The number of halogens is 3. The van der Waals surface area contributed by atoms with E-state index in [9.17, 15) is 18.0 Å². The van der Waals surface area contributed by atoms with Gasteiger partial charge in [0.1, 0.15) is 0 Å². The smallest absolute Gasteiger partial charge is 0.348 e. The molecule has 0 aliphatic heterocycles. The Morgan fingerprint density at radius 2 is 1.75 bits per heavy atom. The second-order valence-corrected chi connectivity index (χ2v) is 3.96. The van der Waals surface area contributed by atoms with Gasteiger partial charge < -0.3 is 5.32 Å². The molecule has 104 valence electrons. The van der Waals surface area contributed by atoms with Crippen LogP contribution >= 0.6 is 0 Å². The summed E-state index contributed by atoms with van der Waals surface area (Å²) in [6, 6.07) is 4.10. The van der Waals surface area contributed by atoms with E-state index in [1.54, 1.807) is 12.1 Å². The Bertz CT molecular complexity index is 599. The van der Waals surface area contributed by atoms with Crippen LogP contribution < -0.4 is 5.32 Å². The van der Waals surface area contributed by atoms with E-state index in [0.29, 0.717) is 0 Å². The van der Waals surface area contributed by atoms with Crippen LogP contribution in [0.25, 0.3) is 0 Å². The van der Waals surface area contributed by atoms with Crippen molar-refractivity contribution in [2.75, 3.05) is 0 Å². The molecule has 0 bridgehead atoms. The number of pyridine rings is 2. The number of carbonyl (C=O) groups is 1. The van der Waals surface area contributed by atoms with E-state index in [-0.39, 0.29) is 6.54 Å². The molecule has 20 heavy (non-hydrogen) atoms. The lowest BCUT2D eigenvalue weighted by Gasteiger charge is -2.12. The van der Waals surface area contributed by atoms with E-state index < -0.39 is 23.2 Å². The molecule has 0 atom stereocenters. The highest BCUT2D eigenvalue weighted by Crippen LogP contribution is 2.31. The Morgan fingerprint density at radius 1 is 1.10 bits per heavy atom. The molecule has 2 rings (SSSR count). The maximum atomic E-state index is 12.8. The van der Waals surface area contributed by atoms with Crippen LogP contribution in [-0.4, -0.2) is 15.9 Å². The number of nitrogens with zero attached hydrogens (tertiary/aromatic N) is 2. The Morgan fingerprint density at radius 3 is 2.40 bits per heavy atom. The summed E-state index contributed by atoms with van der Waals surface area (Å²) >= 11 is 0. The summed E-state index contributed by atoms with van der Waals surface area (Å²) in [5.41, 5.74) is -0.750. The molecule has 0 aromatic carbocycles. The van der Waals surface area contributed by atoms with Crippen molar-refractivity contribution in [2.24, 2.45) is 0 Å². The monoisotopic (exact) mass is 281 g/mol. The van der Waals surface area contributed by atoms with Gasteiger partial charge in [0.15, 0.2) is 0 Å². The number of nitrogens with one attached hydrogen (secondary N) is 1. The molecule has 2 aromatic heterocycles. The predicted molar refractivity (Wildman–Crippen MR) is 64.6 cm³/mol. The Balaban J connectivity index is 2.14. The van der Waals surface area contributed by atoms with E-state index in [0.717, 1.165) is 24.0 Å². The average Bonchev–Trinajstić information content (AvgIpc) is 2.45. The van der Waals surface area contributed by atoms with Gasteiger partial charge >= 0.3 is 6.18 Å². The predicted octanol–water partition coefficient (Wildman–Crippen LogP) is 2.43. The molecule has 0 unspecified atom stereocenters. The summed E-state index contributed by atoms with van der Waals surface area (Å²) in [4.78, 5) is 19.2. The van der Waals surface area contributed by atoms with Gasteiger partial charge in [0.25, 0.3) is 5.91 Å². The van der Waals surface area contributed by atoms with Gasteiger partial charge in [0.2, 0.25) is 0 Å². The highest BCUT2D eigenvalue weighted by atomic mass is 19.4. The molecule has 1 amide bonds. The first-order valence-electron chi connectivity index (χ1n) is 5.67. The van der Waals surface area contributed by atoms with Crippen molar-refractivity contribution in [3.63, 3.8) is 0 Å². The minimum atomic E-state index is -4.59. The molecule has 0 radical (unpaired) electrons. The molecule has 0 aliphatic rings. The van der Waals surface area contributed by atoms with Crippen molar-refractivity contribution >= 4 is 5.91 Å². The fourth-order valence-corrected chi connectivity index (χ4v) is 1.60. The third-order valence-electron chi connectivity index (χ3n) is 2.57. The minimum absolute atomic E-state index is 0.119. The van der Waals surface area contributed by atoms with Gasteiger partial charge in [-0.05, 0) is 23.8 Å². The summed E-state index contributed by atoms with van der Waals surface area (Å²) in [5.74, 6) is -0.817. The van der Waals surface area contributed by atoms with Crippen LogP contribution in [0.3, 0.4) is 0 Å². The molecule has 2 heterocycles. The van der Waals surface area contributed by atoms with Crippen LogP contribution in [-0.2, 0) is 12.7 Å². The van der Waals surface area contributed by atoms with Crippen molar-refractivity contribution < 1.29 is 18.0 Å². The fourth-order valence-electron chi connectivity index (χ4n) is 1.60. The van der Waals surface area contributed by atoms with Gasteiger partial charge in [-0.25, -0.2) is 0 Å². The third-order valence-corrected chi connectivity index (χ3v) is 2.57. The molecule has 7 heteroatoms.